The Morgan fingerprint density at radius 2 is 1.87 bits per heavy atom. The quantitative estimate of drug-likeness (QED) is 0.693. The van der Waals surface area contributed by atoms with Crippen LogP contribution in [-0.4, -0.2) is 11.1 Å². The molecule has 1 aliphatic carbocycles. The lowest BCUT2D eigenvalue weighted by molar-refractivity contribution is -0.140. The molecule has 1 atom stereocenters. The minimum Gasteiger partial charge on any atom is -0.457 e. The van der Waals surface area contributed by atoms with Crippen LogP contribution in [0.5, 0.6) is 0 Å². The van der Waals surface area contributed by atoms with Crippen molar-refractivity contribution in [1.29, 1.82) is 0 Å². The molecule has 0 bridgehead atoms. The number of ether oxygens (including phenoxy) is 1. The van der Waals surface area contributed by atoms with E-state index in [0.29, 0.717) is 5.57 Å². The molecule has 0 fully saturated rings. The van der Waals surface area contributed by atoms with Gasteiger partial charge in [-0.3, -0.25) is 0 Å². The van der Waals surface area contributed by atoms with Crippen LogP contribution in [0.4, 0.5) is 0 Å². The topological polar surface area (TPSA) is 46.5 Å². The van der Waals surface area contributed by atoms with Crippen LogP contribution < -0.4 is 0 Å². The van der Waals surface area contributed by atoms with Gasteiger partial charge in [0.1, 0.15) is 12.7 Å². The van der Waals surface area contributed by atoms with Crippen LogP contribution >= 0.6 is 0 Å². The van der Waals surface area contributed by atoms with Crippen molar-refractivity contribution in [1.82, 2.24) is 0 Å². The Kier molecular flexibility index (Phi) is 3.89. The van der Waals surface area contributed by atoms with Crippen molar-refractivity contribution in [2.45, 2.75) is 19.6 Å². The van der Waals surface area contributed by atoms with Gasteiger partial charge in [-0.15, -0.1) is 0 Å². The van der Waals surface area contributed by atoms with Crippen molar-refractivity contribution in [3.8, 4) is 0 Å². The highest BCUT2D eigenvalue weighted by atomic mass is 16.5. The summed E-state index contributed by atoms with van der Waals surface area (Å²) in [5.41, 5.74) is 5.62. The zero-order valence-electron chi connectivity index (χ0n) is 13.0. The van der Waals surface area contributed by atoms with E-state index in [1.165, 1.54) is 0 Å². The molecule has 2 aromatic rings. The molecular weight excluding hydrogens is 288 g/mol. The molecule has 3 nitrogen and oxygen atoms in total. The molecule has 0 aromatic heterocycles. The maximum Gasteiger partial charge on any atom is 0.333 e. The third-order valence-corrected chi connectivity index (χ3v) is 4.04. The standard InChI is InChI=1S/C20H18O3/c1-12(2)20(22)23-11-14-8-9-17-18(10-14)13(3)15-6-4-5-7-16(15)19(17)21/h4-10,19,21H,1,3,11H2,2H3. The third kappa shape index (κ3) is 2.71. The maximum absolute atomic E-state index is 11.5. The predicted molar refractivity (Wildman–Crippen MR) is 89.7 cm³/mol. The number of aliphatic hydroxyl groups excluding tert-OH is 1. The van der Waals surface area contributed by atoms with E-state index in [4.69, 9.17) is 4.74 Å². The lowest BCUT2D eigenvalue weighted by Gasteiger charge is -2.27. The first-order valence-corrected chi connectivity index (χ1v) is 7.41. The van der Waals surface area contributed by atoms with Gasteiger partial charge in [-0.05, 0) is 46.4 Å². The summed E-state index contributed by atoms with van der Waals surface area (Å²) < 4.78 is 5.18. The number of hydrogen-bond donors (Lipinski definition) is 1. The molecule has 3 heteroatoms. The smallest absolute Gasteiger partial charge is 0.333 e. The first-order valence-electron chi connectivity index (χ1n) is 7.41. The van der Waals surface area contributed by atoms with Gasteiger partial charge in [0.15, 0.2) is 0 Å². The molecule has 0 saturated carbocycles. The summed E-state index contributed by atoms with van der Waals surface area (Å²) in [6.45, 7) is 9.51. The molecule has 0 heterocycles. The first kappa shape index (κ1) is 15.3. The number of esters is 1. The van der Waals surface area contributed by atoms with Gasteiger partial charge >= 0.3 is 5.97 Å². The zero-order chi connectivity index (χ0) is 16.6. The molecule has 2 aromatic carbocycles. The van der Waals surface area contributed by atoms with Gasteiger partial charge in [0, 0.05) is 5.57 Å². The van der Waals surface area contributed by atoms with Crippen LogP contribution in [0, 0.1) is 0 Å². The van der Waals surface area contributed by atoms with Crippen LogP contribution in [0.25, 0.3) is 5.57 Å². The maximum atomic E-state index is 11.5. The Labute approximate surface area is 135 Å². The van der Waals surface area contributed by atoms with E-state index in [9.17, 15) is 9.90 Å². The monoisotopic (exact) mass is 306 g/mol. The van der Waals surface area contributed by atoms with E-state index in [0.717, 1.165) is 33.4 Å². The molecule has 0 radical (unpaired) electrons. The number of carbonyl (C=O) groups excluding carboxylic acids is 1. The van der Waals surface area contributed by atoms with Crippen molar-refractivity contribution in [2.24, 2.45) is 0 Å². The van der Waals surface area contributed by atoms with Crippen molar-refractivity contribution in [2.75, 3.05) is 0 Å². The highest BCUT2D eigenvalue weighted by molar-refractivity contribution is 5.87. The lowest BCUT2D eigenvalue weighted by atomic mass is 9.80. The summed E-state index contributed by atoms with van der Waals surface area (Å²) in [5, 5.41) is 10.6. The van der Waals surface area contributed by atoms with Crippen LogP contribution in [0.3, 0.4) is 0 Å². The van der Waals surface area contributed by atoms with Crippen LogP contribution in [0.1, 0.15) is 40.8 Å². The Bertz CT molecular complexity index is 817. The fraction of sp³-hybridized carbons (Fsp3) is 0.150. The minimum absolute atomic E-state index is 0.171. The lowest BCUT2D eigenvalue weighted by Crippen LogP contribution is -2.13. The summed E-state index contributed by atoms with van der Waals surface area (Å²) in [5.74, 6) is -0.410. The molecule has 3 rings (SSSR count). The fourth-order valence-electron chi connectivity index (χ4n) is 2.79. The normalized spacial score (nSPS) is 15.6. The third-order valence-electron chi connectivity index (χ3n) is 4.04. The van der Waals surface area contributed by atoms with Crippen molar-refractivity contribution in [3.05, 3.63) is 89.0 Å². The number of benzene rings is 2. The number of fused-ring (bicyclic) bond motifs is 2. The van der Waals surface area contributed by atoms with E-state index in [-0.39, 0.29) is 6.61 Å². The van der Waals surface area contributed by atoms with Gasteiger partial charge in [-0.25, -0.2) is 4.79 Å². The van der Waals surface area contributed by atoms with Crippen molar-refractivity contribution >= 4 is 11.5 Å². The largest absolute Gasteiger partial charge is 0.457 e. The summed E-state index contributed by atoms with van der Waals surface area (Å²) in [6.07, 6.45) is -0.668. The predicted octanol–water partition coefficient (Wildman–Crippen LogP) is 3.76. The number of carbonyl (C=O) groups is 1. The SMILES string of the molecule is C=C(C)C(=O)OCc1ccc2c(c1)C(=C)c1ccccc1C2O. The van der Waals surface area contributed by atoms with Crippen LogP contribution in [-0.2, 0) is 16.1 Å². The van der Waals surface area contributed by atoms with Gasteiger partial charge in [0.25, 0.3) is 0 Å². The summed E-state index contributed by atoms with van der Waals surface area (Å²) in [7, 11) is 0. The first-order chi connectivity index (χ1) is 11.0. The average molecular weight is 306 g/mol. The second kappa shape index (κ2) is 5.86. The van der Waals surface area contributed by atoms with Gasteiger partial charge in [-0.1, -0.05) is 49.6 Å². The molecule has 1 N–H and O–H groups in total. The second-order valence-corrected chi connectivity index (χ2v) is 5.75. The van der Waals surface area contributed by atoms with E-state index >= 15 is 0 Å². The Morgan fingerprint density at radius 1 is 1.17 bits per heavy atom. The summed E-state index contributed by atoms with van der Waals surface area (Å²) in [4.78, 5) is 11.5. The molecular formula is C20H18O3. The minimum atomic E-state index is -0.668. The molecule has 0 aliphatic heterocycles. The highest BCUT2D eigenvalue weighted by Crippen LogP contribution is 2.40. The number of aliphatic hydroxyl groups is 1. The molecule has 0 amide bonds. The second-order valence-electron chi connectivity index (χ2n) is 5.75. The van der Waals surface area contributed by atoms with E-state index in [1.807, 2.05) is 42.5 Å². The van der Waals surface area contributed by atoms with Gasteiger partial charge in [0.05, 0.1) is 0 Å². The van der Waals surface area contributed by atoms with Crippen molar-refractivity contribution in [3.63, 3.8) is 0 Å². The highest BCUT2D eigenvalue weighted by Gasteiger charge is 2.26. The molecule has 116 valence electrons. The number of rotatable bonds is 3. The van der Waals surface area contributed by atoms with E-state index in [2.05, 4.69) is 13.2 Å². The van der Waals surface area contributed by atoms with E-state index in [1.54, 1.807) is 6.92 Å². The molecule has 23 heavy (non-hydrogen) atoms. The zero-order valence-corrected chi connectivity index (χ0v) is 13.0. The summed E-state index contributed by atoms with van der Waals surface area (Å²) in [6, 6.07) is 13.4. The molecule has 0 spiro atoms. The van der Waals surface area contributed by atoms with Gasteiger partial charge in [0.2, 0.25) is 0 Å². The molecule has 1 unspecified atom stereocenters. The van der Waals surface area contributed by atoms with Crippen molar-refractivity contribution < 1.29 is 14.6 Å². The van der Waals surface area contributed by atoms with Gasteiger partial charge < -0.3 is 9.84 Å². The van der Waals surface area contributed by atoms with Crippen LogP contribution in [0.15, 0.2) is 61.2 Å². The Hall–Kier alpha value is -2.65. The Morgan fingerprint density at radius 3 is 2.61 bits per heavy atom. The fourth-order valence-corrected chi connectivity index (χ4v) is 2.79. The number of hydrogen-bond acceptors (Lipinski definition) is 3. The Balaban J connectivity index is 1.92. The average Bonchev–Trinajstić information content (AvgIpc) is 2.57. The molecule has 0 saturated heterocycles. The van der Waals surface area contributed by atoms with E-state index < -0.39 is 12.1 Å². The molecule has 1 aliphatic rings. The van der Waals surface area contributed by atoms with Gasteiger partial charge in [-0.2, -0.15) is 0 Å². The summed E-state index contributed by atoms with van der Waals surface area (Å²) >= 11 is 0. The van der Waals surface area contributed by atoms with Crippen LogP contribution in [0.2, 0.25) is 0 Å².